The van der Waals surface area contributed by atoms with Gasteiger partial charge in [-0.15, -0.1) is 0 Å². The van der Waals surface area contributed by atoms with Crippen molar-refractivity contribution >= 4 is 17.8 Å². The zero-order chi connectivity index (χ0) is 34.2. The second-order valence-electron chi connectivity index (χ2n) is 15.2. The molecule has 50 heavy (non-hydrogen) atoms. The first-order valence-electron chi connectivity index (χ1n) is 18.2. The molecule has 5 aliphatic rings. The van der Waals surface area contributed by atoms with Gasteiger partial charge in [-0.2, -0.15) is 0 Å². The maximum Gasteiger partial charge on any atom is 0.315 e. The van der Waals surface area contributed by atoms with E-state index in [1.165, 1.54) is 19.3 Å². The van der Waals surface area contributed by atoms with Crippen LogP contribution in [0.4, 0.5) is 4.79 Å². The van der Waals surface area contributed by atoms with Crippen LogP contribution in [0.2, 0.25) is 0 Å². The lowest BCUT2D eigenvalue weighted by Crippen LogP contribution is -2.61. The number of carbonyl (C=O) groups is 1. The van der Waals surface area contributed by atoms with Crippen molar-refractivity contribution in [2.75, 3.05) is 5.75 Å². The molecule has 2 amide bonds. The lowest BCUT2D eigenvalue weighted by Gasteiger charge is -2.56. The fourth-order valence-corrected chi connectivity index (χ4v) is 10.6. The molecule has 3 N–H and O–H groups in total. The van der Waals surface area contributed by atoms with Crippen LogP contribution < -0.4 is 10.6 Å². The van der Waals surface area contributed by atoms with Gasteiger partial charge in [-0.3, -0.25) is 0 Å². The number of imidazole rings is 1. The van der Waals surface area contributed by atoms with Gasteiger partial charge in [0.15, 0.2) is 11.4 Å². The molecule has 4 aliphatic carbocycles. The van der Waals surface area contributed by atoms with Gasteiger partial charge in [0, 0.05) is 48.8 Å². The average Bonchev–Trinajstić information content (AvgIpc) is 3.54. The first-order chi connectivity index (χ1) is 24.3. The van der Waals surface area contributed by atoms with Gasteiger partial charge in [0.05, 0.1) is 18.8 Å². The molecular formula is C41H48N4O4S. The summed E-state index contributed by atoms with van der Waals surface area (Å²) in [6, 6.07) is 24.7. The second kappa shape index (κ2) is 14.2. The van der Waals surface area contributed by atoms with E-state index in [0.717, 1.165) is 81.3 Å². The molecule has 8 nitrogen and oxygen atoms in total. The van der Waals surface area contributed by atoms with Crippen molar-refractivity contribution in [1.82, 2.24) is 20.2 Å². The van der Waals surface area contributed by atoms with Crippen molar-refractivity contribution in [3.8, 4) is 11.1 Å². The Balaban J connectivity index is 0.964. The Bertz CT molecular complexity index is 1760. The third kappa shape index (κ3) is 6.98. The Morgan fingerprint density at radius 2 is 1.62 bits per heavy atom. The number of nitrogens with one attached hydrogen (secondary N) is 2. The van der Waals surface area contributed by atoms with Crippen LogP contribution in [0.1, 0.15) is 80.1 Å². The van der Waals surface area contributed by atoms with Crippen LogP contribution in [-0.4, -0.2) is 38.1 Å². The van der Waals surface area contributed by atoms with E-state index >= 15 is 0 Å². The molecule has 262 valence electrons. The van der Waals surface area contributed by atoms with Crippen molar-refractivity contribution < 1.29 is 19.4 Å². The van der Waals surface area contributed by atoms with E-state index in [1.807, 2.05) is 48.3 Å². The normalized spacial score (nSPS) is 29.9. The highest BCUT2D eigenvalue weighted by atomic mass is 32.2. The molecule has 2 heterocycles. The molecule has 0 radical (unpaired) electrons. The topological polar surface area (TPSA) is 97.6 Å². The molecule has 1 aliphatic heterocycles. The lowest BCUT2D eigenvalue weighted by atomic mass is 9.53. The van der Waals surface area contributed by atoms with Crippen molar-refractivity contribution in [1.29, 1.82) is 0 Å². The number of hydrogen-bond acceptors (Lipinski definition) is 6. The Kier molecular flexibility index (Phi) is 9.50. The van der Waals surface area contributed by atoms with Crippen molar-refractivity contribution in [3.63, 3.8) is 0 Å². The number of ether oxygens (including phenoxy) is 2. The summed E-state index contributed by atoms with van der Waals surface area (Å²) in [6.45, 7) is 2.66. The van der Waals surface area contributed by atoms with E-state index in [9.17, 15) is 9.90 Å². The van der Waals surface area contributed by atoms with Crippen molar-refractivity contribution in [3.05, 3.63) is 107 Å². The molecule has 4 saturated carbocycles. The summed E-state index contributed by atoms with van der Waals surface area (Å²) in [4.78, 5) is 17.7. The highest BCUT2D eigenvalue weighted by molar-refractivity contribution is 7.99. The van der Waals surface area contributed by atoms with E-state index in [-0.39, 0.29) is 36.3 Å². The molecule has 1 aromatic heterocycles. The molecule has 4 aromatic rings. The smallest absolute Gasteiger partial charge is 0.315 e. The maximum absolute atomic E-state index is 13.2. The first kappa shape index (κ1) is 33.5. The molecule has 5 fully saturated rings. The average molecular weight is 693 g/mol. The molecular weight excluding hydrogens is 645 g/mol. The molecule has 9 rings (SSSR count). The zero-order valence-corrected chi connectivity index (χ0v) is 29.8. The first-order valence-corrected chi connectivity index (χ1v) is 19.2. The minimum absolute atomic E-state index is 0.00689. The Hall–Kier alpha value is -3.63. The van der Waals surface area contributed by atoms with Crippen LogP contribution in [0, 0.1) is 23.7 Å². The van der Waals surface area contributed by atoms with E-state index in [2.05, 4.69) is 71.1 Å². The number of amides is 2. The predicted octanol–water partition coefficient (Wildman–Crippen LogP) is 7.93. The summed E-state index contributed by atoms with van der Waals surface area (Å²) < 4.78 is 15.4. The van der Waals surface area contributed by atoms with Crippen molar-refractivity contribution in [2.45, 2.75) is 87.8 Å². The molecule has 0 spiro atoms. The number of thioether (sulfide) groups is 1. The molecule has 9 heteroatoms. The van der Waals surface area contributed by atoms with Crippen LogP contribution in [0.25, 0.3) is 11.1 Å². The van der Waals surface area contributed by atoms with Crippen LogP contribution in [-0.2, 0) is 29.7 Å². The van der Waals surface area contributed by atoms with Gasteiger partial charge in [-0.1, -0.05) is 91.5 Å². The maximum atomic E-state index is 13.2. The summed E-state index contributed by atoms with van der Waals surface area (Å²) in [5.41, 5.74) is 6.15. The Labute approximate surface area is 299 Å². The number of aryl methyl sites for hydroxylation is 1. The molecule has 1 saturated heterocycles. The lowest BCUT2D eigenvalue weighted by molar-refractivity contribution is -0.268. The number of carbonyl (C=O) groups excluding carboxylic acids is 1. The van der Waals surface area contributed by atoms with E-state index in [0.29, 0.717) is 6.54 Å². The highest BCUT2D eigenvalue weighted by Gasteiger charge is 2.51. The zero-order valence-electron chi connectivity index (χ0n) is 29.0. The molecule has 3 aromatic carbocycles. The third-order valence-corrected chi connectivity index (χ3v) is 12.8. The van der Waals surface area contributed by atoms with Gasteiger partial charge >= 0.3 is 6.03 Å². The van der Waals surface area contributed by atoms with Crippen LogP contribution in [0.5, 0.6) is 0 Å². The molecule has 4 bridgehead atoms. The number of hydrogen-bond donors (Lipinski definition) is 3. The van der Waals surface area contributed by atoms with E-state index in [4.69, 9.17) is 9.47 Å². The second-order valence-corrected chi connectivity index (χ2v) is 16.2. The third-order valence-electron chi connectivity index (χ3n) is 11.6. The Morgan fingerprint density at radius 3 is 2.28 bits per heavy atom. The summed E-state index contributed by atoms with van der Waals surface area (Å²) in [7, 11) is 2.01. The number of aliphatic hydroxyl groups excluding tert-OH is 1. The van der Waals surface area contributed by atoms with Crippen LogP contribution in [0.15, 0.2) is 90.3 Å². The van der Waals surface area contributed by atoms with Crippen LogP contribution >= 0.6 is 11.8 Å². The highest BCUT2D eigenvalue weighted by Crippen LogP contribution is 2.55. The van der Waals surface area contributed by atoms with Gasteiger partial charge in [0.1, 0.15) is 0 Å². The van der Waals surface area contributed by atoms with E-state index < -0.39 is 6.29 Å². The number of aromatic nitrogens is 2. The fourth-order valence-electron chi connectivity index (χ4n) is 9.46. The van der Waals surface area contributed by atoms with Gasteiger partial charge in [0.25, 0.3) is 0 Å². The number of aliphatic hydroxyl groups is 1. The molecule has 0 unspecified atom stereocenters. The van der Waals surface area contributed by atoms with Gasteiger partial charge in [0.2, 0.25) is 0 Å². The van der Waals surface area contributed by atoms with Gasteiger partial charge in [-0.25, -0.2) is 9.78 Å². The fraction of sp³-hybridized carbons (Fsp3) is 0.463. The number of rotatable bonds is 10. The van der Waals surface area contributed by atoms with Crippen LogP contribution in [0.3, 0.4) is 0 Å². The summed E-state index contributed by atoms with van der Waals surface area (Å²) in [5.74, 6) is 3.21. The van der Waals surface area contributed by atoms with Gasteiger partial charge in [-0.05, 0) is 84.1 Å². The summed E-state index contributed by atoms with van der Waals surface area (Å²) in [6.07, 6.45) is 10.5. The quantitative estimate of drug-likeness (QED) is 0.146. The number of benzene rings is 3. The minimum atomic E-state index is -0.542. The summed E-state index contributed by atoms with van der Waals surface area (Å²) >= 11 is 1.69. The van der Waals surface area contributed by atoms with Crippen molar-refractivity contribution in [2.24, 2.45) is 30.7 Å². The largest absolute Gasteiger partial charge is 0.392 e. The molecule has 4 atom stereocenters. The minimum Gasteiger partial charge on any atom is -0.392 e. The SMILES string of the molecule is C[C@@H]1[C@H](CSc2nccn2C)O[C@H](c2ccc(-c3ccccc3CNC(=O)NC34CC5CC(CC(C5)C3)C4)cc2)O[C@@H]1c1ccc(CO)cc1. The summed E-state index contributed by atoms with van der Waals surface area (Å²) in [5, 5.41) is 17.2. The monoisotopic (exact) mass is 692 g/mol. The standard InChI is InChI=1S/C41H48N4O4S/c1-26-36(25-50-40-42-15-16-45(40)2)48-38(49-37(26)32-9-7-27(24-46)8-10-32)33-13-11-31(12-14-33)35-6-4-3-5-34(35)23-43-39(47)44-41-20-28-17-29(21-41)19-30(18-28)22-41/h3-16,26,28-30,36-38,46H,17-25H2,1-2H3,(H2,43,44,47)/t26-,28?,29?,30?,36+,37+,38+,41?/m1/s1. The Morgan fingerprint density at radius 1 is 0.940 bits per heavy atom. The predicted molar refractivity (Wildman–Crippen MR) is 195 cm³/mol. The van der Waals surface area contributed by atoms with Gasteiger partial charge < -0.3 is 29.8 Å². The van der Waals surface area contributed by atoms with E-state index in [1.54, 1.807) is 11.8 Å². The number of nitrogens with zero attached hydrogens (tertiary/aromatic N) is 2. The number of urea groups is 1.